The number of ketones is 1. The summed E-state index contributed by atoms with van der Waals surface area (Å²) in [7, 11) is 1.69. The van der Waals surface area contributed by atoms with E-state index >= 15 is 0 Å². The Balaban J connectivity index is 1.42. The minimum atomic E-state index is -0.390. The molecule has 6 rings (SSSR count). The van der Waals surface area contributed by atoms with Gasteiger partial charge in [-0.1, -0.05) is 26.3 Å². The van der Waals surface area contributed by atoms with Crippen LogP contribution in [0.1, 0.15) is 65.9 Å². The summed E-state index contributed by atoms with van der Waals surface area (Å²) in [6, 6.07) is 12.6. The Labute approximate surface area is 200 Å². The van der Waals surface area contributed by atoms with Crippen molar-refractivity contribution in [3.8, 4) is 11.8 Å². The molecule has 2 aliphatic carbocycles. The fraction of sp³-hybridized carbons (Fsp3) is 0.429. The minimum Gasteiger partial charge on any atom is -0.495 e. The van der Waals surface area contributed by atoms with Crippen molar-refractivity contribution >= 4 is 22.4 Å². The molecule has 1 saturated heterocycles. The summed E-state index contributed by atoms with van der Waals surface area (Å²) in [4.78, 5) is 22.3. The first-order chi connectivity index (χ1) is 16.4. The van der Waals surface area contributed by atoms with Crippen molar-refractivity contribution in [2.24, 2.45) is 0 Å². The van der Waals surface area contributed by atoms with Crippen LogP contribution in [0.4, 0.5) is 5.69 Å². The SMILES string of the molecule is COc1cc2c(cc1N1CCN(C3CCC3)CC1)C(C)(C)c1[nH]c3cc(C#N)ccc3c1C2=O. The molecule has 0 radical (unpaired) electrons. The second-order valence-corrected chi connectivity index (χ2v) is 10.4. The quantitative estimate of drug-likeness (QED) is 0.627. The lowest BCUT2D eigenvalue weighted by Crippen LogP contribution is -2.52. The summed E-state index contributed by atoms with van der Waals surface area (Å²) in [5, 5.41) is 10.2. The van der Waals surface area contributed by atoms with Crippen LogP contribution in [0.25, 0.3) is 10.9 Å². The Morgan fingerprint density at radius 3 is 2.53 bits per heavy atom. The van der Waals surface area contributed by atoms with E-state index in [0.29, 0.717) is 16.7 Å². The number of ether oxygens (including phenoxy) is 1. The van der Waals surface area contributed by atoms with E-state index < -0.39 is 0 Å². The molecule has 6 nitrogen and oxygen atoms in total. The smallest absolute Gasteiger partial charge is 0.195 e. The number of piperazine rings is 1. The van der Waals surface area contributed by atoms with E-state index in [4.69, 9.17) is 4.74 Å². The van der Waals surface area contributed by atoms with E-state index in [-0.39, 0.29) is 11.2 Å². The highest BCUT2D eigenvalue weighted by Crippen LogP contribution is 2.47. The van der Waals surface area contributed by atoms with Gasteiger partial charge in [-0.05, 0) is 42.7 Å². The number of hydrogen-bond acceptors (Lipinski definition) is 5. The van der Waals surface area contributed by atoms with Gasteiger partial charge in [0.05, 0.1) is 30.0 Å². The van der Waals surface area contributed by atoms with Gasteiger partial charge in [-0.15, -0.1) is 0 Å². The molecule has 1 aliphatic heterocycles. The van der Waals surface area contributed by atoms with Crippen LogP contribution < -0.4 is 9.64 Å². The molecule has 2 fully saturated rings. The zero-order chi connectivity index (χ0) is 23.6. The highest BCUT2D eigenvalue weighted by atomic mass is 16.5. The molecular formula is C28H30N4O2. The normalized spacial score (nSPS) is 19.9. The lowest BCUT2D eigenvalue weighted by molar-refractivity contribution is 0.103. The average molecular weight is 455 g/mol. The third kappa shape index (κ3) is 3.00. The summed E-state index contributed by atoms with van der Waals surface area (Å²) < 4.78 is 5.82. The molecule has 34 heavy (non-hydrogen) atoms. The largest absolute Gasteiger partial charge is 0.495 e. The van der Waals surface area contributed by atoms with Crippen LogP contribution in [0, 0.1) is 11.3 Å². The third-order valence-electron chi connectivity index (χ3n) is 8.26. The van der Waals surface area contributed by atoms with Crippen molar-refractivity contribution in [2.45, 2.75) is 44.6 Å². The Hall–Kier alpha value is -3.30. The number of methoxy groups -OCH3 is 1. The van der Waals surface area contributed by atoms with E-state index in [1.54, 1.807) is 13.2 Å². The maximum Gasteiger partial charge on any atom is 0.195 e. The first-order valence-corrected chi connectivity index (χ1v) is 12.2. The van der Waals surface area contributed by atoms with Crippen LogP contribution in [0.2, 0.25) is 0 Å². The standard InChI is InChI=1S/C28H30N4O2/c1-28(2)21-15-23(32-11-9-31(10-12-32)18-5-4-6-18)24(34-3)14-20(21)26(33)25-19-8-7-17(16-29)13-22(19)30-27(25)28/h7-8,13-15,18,30H,4-6,9-12H2,1-3H3. The van der Waals surface area contributed by atoms with Gasteiger partial charge in [-0.3, -0.25) is 9.69 Å². The molecule has 0 atom stereocenters. The van der Waals surface area contributed by atoms with Crippen LogP contribution >= 0.6 is 0 Å². The van der Waals surface area contributed by atoms with E-state index in [1.165, 1.54) is 19.3 Å². The Morgan fingerprint density at radius 2 is 1.88 bits per heavy atom. The molecule has 6 heteroatoms. The number of carbonyl (C=O) groups is 1. The van der Waals surface area contributed by atoms with Gasteiger partial charge < -0.3 is 14.6 Å². The maximum absolute atomic E-state index is 13.8. The van der Waals surface area contributed by atoms with Crippen LogP contribution in [0.3, 0.4) is 0 Å². The van der Waals surface area contributed by atoms with Crippen molar-refractivity contribution in [1.29, 1.82) is 5.26 Å². The molecule has 1 saturated carbocycles. The van der Waals surface area contributed by atoms with Crippen LogP contribution in [-0.2, 0) is 5.41 Å². The number of nitrogens with one attached hydrogen (secondary N) is 1. The Kier molecular flexibility index (Phi) is 4.76. The molecule has 2 aromatic carbocycles. The second kappa shape index (κ2) is 7.61. The van der Waals surface area contributed by atoms with Gasteiger partial charge in [0, 0.05) is 59.8 Å². The molecule has 2 heterocycles. The maximum atomic E-state index is 13.8. The number of aromatic nitrogens is 1. The van der Waals surface area contributed by atoms with Crippen LogP contribution in [-0.4, -0.2) is 55.0 Å². The number of anilines is 1. The number of fused-ring (bicyclic) bond motifs is 4. The number of nitrogens with zero attached hydrogens (tertiary/aromatic N) is 3. The van der Waals surface area contributed by atoms with E-state index in [2.05, 4.69) is 40.8 Å². The number of benzene rings is 2. The zero-order valence-electron chi connectivity index (χ0n) is 20.1. The topological polar surface area (TPSA) is 72.4 Å². The number of H-pyrrole nitrogens is 1. The molecule has 0 spiro atoms. The molecule has 3 aromatic rings. The second-order valence-electron chi connectivity index (χ2n) is 10.4. The van der Waals surface area contributed by atoms with Crippen molar-refractivity contribution in [1.82, 2.24) is 9.88 Å². The molecule has 1 N–H and O–H groups in total. The lowest BCUT2D eigenvalue weighted by Gasteiger charge is -2.44. The van der Waals surface area contributed by atoms with Gasteiger partial charge in [0.2, 0.25) is 0 Å². The van der Waals surface area contributed by atoms with Gasteiger partial charge in [0.25, 0.3) is 0 Å². The van der Waals surface area contributed by atoms with Crippen molar-refractivity contribution < 1.29 is 9.53 Å². The van der Waals surface area contributed by atoms with Crippen LogP contribution in [0.5, 0.6) is 5.75 Å². The number of nitriles is 1. The predicted molar refractivity (Wildman–Crippen MR) is 133 cm³/mol. The fourth-order valence-corrected chi connectivity index (χ4v) is 6.00. The first-order valence-electron chi connectivity index (χ1n) is 12.2. The number of aromatic amines is 1. The number of hydrogen-bond donors (Lipinski definition) is 1. The first kappa shape index (κ1) is 21.2. The molecule has 1 aromatic heterocycles. The fourth-order valence-electron chi connectivity index (χ4n) is 6.00. The summed E-state index contributed by atoms with van der Waals surface area (Å²) >= 11 is 0. The lowest BCUT2D eigenvalue weighted by atomic mass is 9.71. The minimum absolute atomic E-state index is 0.0138. The van der Waals surface area contributed by atoms with Crippen molar-refractivity contribution in [3.05, 3.63) is 58.3 Å². The monoisotopic (exact) mass is 454 g/mol. The van der Waals surface area contributed by atoms with Gasteiger partial charge >= 0.3 is 0 Å². The molecule has 174 valence electrons. The molecule has 3 aliphatic rings. The van der Waals surface area contributed by atoms with Gasteiger partial charge in [-0.2, -0.15) is 5.26 Å². The van der Waals surface area contributed by atoms with E-state index in [1.807, 2.05) is 18.2 Å². The average Bonchev–Trinajstić information content (AvgIpc) is 3.21. The summed E-state index contributed by atoms with van der Waals surface area (Å²) in [5.74, 6) is 0.773. The van der Waals surface area contributed by atoms with Gasteiger partial charge in [0.15, 0.2) is 5.78 Å². The molecule has 0 bridgehead atoms. The predicted octanol–water partition coefficient (Wildman–Crippen LogP) is 4.59. The van der Waals surface area contributed by atoms with E-state index in [9.17, 15) is 10.1 Å². The highest BCUT2D eigenvalue weighted by molar-refractivity contribution is 6.20. The Morgan fingerprint density at radius 1 is 1.12 bits per heavy atom. The summed E-state index contributed by atoms with van der Waals surface area (Å²) in [6.45, 7) is 8.41. The van der Waals surface area contributed by atoms with Gasteiger partial charge in [-0.25, -0.2) is 0 Å². The van der Waals surface area contributed by atoms with E-state index in [0.717, 1.165) is 65.8 Å². The van der Waals surface area contributed by atoms with Crippen molar-refractivity contribution in [3.63, 3.8) is 0 Å². The van der Waals surface area contributed by atoms with Crippen LogP contribution in [0.15, 0.2) is 30.3 Å². The Bertz CT molecular complexity index is 1350. The third-order valence-corrected chi connectivity index (χ3v) is 8.26. The highest BCUT2D eigenvalue weighted by Gasteiger charge is 2.41. The molecular weight excluding hydrogens is 424 g/mol. The van der Waals surface area contributed by atoms with Gasteiger partial charge in [0.1, 0.15) is 5.75 Å². The number of rotatable bonds is 3. The number of carbonyl (C=O) groups excluding carboxylic acids is 1. The molecule has 0 unspecified atom stereocenters. The summed E-state index contributed by atoms with van der Waals surface area (Å²) in [5.41, 5.74) is 5.45. The zero-order valence-corrected chi connectivity index (χ0v) is 20.1. The van der Waals surface area contributed by atoms with Crippen molar-refractivity contribution in [2.75, 3.05) is 38.2 Å². The summed E-state index contributed by atoms with van der Waals surface area (Å²) in [6.07, 6.45) is 4.03. The molecule has 0 amide bonds.